The van der Waals surface area contributed by atoms with Crippen LogP contribution in [0.25, 0.3) is 0 Å². The molecule has 0 aliphatic heterocycles. The standard InChI is InChI=1S/C14H19F2NO/c1-3-17-13(14(18-2)7-4-8-14)10-5-6-11(15)12(16)9-10/h5-6,9,13,17H,3-4,7-8H2,1-2H3. The molecule has 100 valence electrons. The summed E-state index contributed by atoms with van der Waals surface area (Å²) in [6, 6.07) is 3.99. The summed E-state index contributed by atoms with van der Waals surface area (Å²) in [6.45, 7) is 2.75. The number of benzene rings is 1. The molecular formula is C14H19F2NO. The minimum absolute atomic E-state index is 0.0867. The van der Waals surface area contributed by atoms with Crippen molar-refractivity contribution in [2.45, 2.75) is 37.8 Å². The van der Waals surface area contributed by atoms with E-state index in [0.717, 1.165) is 31.4 Å². The van der Waals surface area contributed by atoms with Crippen LogP contribution in [0.4, 0.5) is 8.78 Å². The number of likely N-dealkylation sites (N-methyl/N-ethyl adjacent to an activating group) is 1. The maximum absolute atomic E-state index is 13.4. The lowest BCUT2D eigenvalue weighted by molar-refractivity contribution is -0.0995. The van der Waals surface area contributed by atoms with E-state index < -0.39 is 11.6 Å². The van der Waals surface area contributed by atoms with Crippen LogP contribution >= 0.6 is 0 Å². The van der Waals surface area contributed by atoms with Gasteiger partial charge in [-0.15, -0.1) is 0 Å². The highest BCUT2D eigenvalue weighted by molar-refractivity contribution is 5.25. The second-order valence-corrected chi connectivity index (χ2v) is 4.79. The zero-order chi connectivity index (χ0) is 13.2. The van der Waals surface area contributed by atoms with Gasteiger partial charge in [0.1, 0.15) is 0 Å². The molecule has 18 heavy (non-hydrogen) atoms. The Morgan fingerprint density at radius 3 is 2.50 bits per heavy atom. The Morgan fingerprint density at radius 2 is 2.06 bits per heavy atom. The van der Waals surface area contributed by atoms with E-state index in [4.69, 9.17) is 4.74 Å². The van der Waals surface area contributed by atoms with Gasteiger partial charge in [0.25, 0.3) is 0 Å². The second kappa shape index (κ2) is 5.33. The normalized spacial score (nSPS) is 19.3. The molecular weight excluding hydrogens is 236 g/mol. The van der Waals surface area contributed by atoms with Crippen molar-refractivity contribution >= 4 is 0 Å². The average molecular weight is 255 g/mol. The Balaban J connectivity index is 2.31. The lowest BCUT2D eigenvalue weighted by Gasteiger charge is -2.47. The summed E-state index contributed by atoms with van der Waals surface area (Å²) in [5.74, 6) is -1.62. The van der Waals surface area contributed by atoms with Gasteiger partial charge in [-0.3, -0.25) is 0 Å². The molecule has 1 aromatic carbocycles. The number of ether oxygens (including phenoxy) is 1. The molecule has 0 aromatic heterocycles. The Morgan fingerprint density at radius 1 is 1.33 bits per heavy atom. The van der Waals surface area contributed by atoms with E-state index in [-0.39, 0.29) is 11.6 Å². The lowest BCUT2D eigenvalue weighted by atomic mass is 9.72. The summed E-state index contributed by atoms with van der Waals surface area (Å²) >= 11 is 0. The molecule has 1 aliphatic carbocycles. The molecule has 4 heteroatoms. The molecule has 2 rings (SSSR count). The molecule has 1 saturated carbocycles. The summed E-state index contributed by atoms with van der Waals surface area (Å²) in [5, 5.41) is 3.33. The Hall–Kier alpha value is -1.00. The molecule has 0 heterocycles. The summed E-state index contributed by atoms with van der Waals surface area (Å²) < 4.78 is 32.0. The first-order chi connectivity index (χ1) is 8.63. The first-order valence-electron chi connectivity index (χ1n) is 6.36. The molecule has 1 unspecified atom stereocenters. The third-order valence-electron chi connectivity index (χ3n) is 3.82. The third-order valence-corrected chi connectivity index (χ3v) is 3.82. The van der Waals surface area contributed by atoms with E-state index in [2.05, 4.69) is 5.32 Å². The van der Waals surface area contributed by atoms with Crippen molar-refractivity contribution in [3.8, 4) is 0 Å². The third kappa shape index (κ3) is 2.27. The van der Waals surface area contributed by atoms with Crippen molar-refractivity contribution < 1.29 is 13.5 Å². The van der Waals surface area contributed by atoms with Gasteiger partial charge >= 0.3 is 0 Å². The number of hydrogen-bond acceptors (Lipinski definition) is 2. The summed E-state index contributed by atoms with van der Waals surface area (Å²) in [5.41, 5.74) is 0.470. The Bertz CT molecular complexity index is 413. The van der Waals surface area contributed by atoms with Crippen molar-refractivity contribution in [1.29, 1.82) is 0 Å². The van der Waals surface area contributed by atoms with Crippen LogP contribution in [0.2, 0.25) is 0 Å². The van der Waals surface area contributed by atoms with Gasteiger partial charge in [-0.25, -0.2) is 8.78 Å². The molecule has 1 N–H and O–H groups in total. The first kappa shape index (κ1) is 13.4. The summed E-state index contributed by atoms with van der Waals surface area (Å²) in [7, 11) is 1.68. The zero-order valence-electron chi connectivity index (χ0n) is 10.8. The van der Waals surface area contributed by atoms with E-state index >= 15 is 0 Å². The van der Waals surface area contributed by atoms with Crippen LogP contribution in [-0.2, 0) is 4.74 Å². The fourth-order valence-corrected chi connectivity index (χ4v) is 2.64. The van der Waals surface area contributed by atoms with E-state index in [1.807, 2.05) is 6.92 Å². The van der Waals surface area contributed by atoms with Gasteiger partial charge in [0, 0.05) is 7.11 Å². The van der Waals surface area contributed by atoms with Gasteiger partial charge in [-0.05, 0) is 43.5 Å². The van der Waals surface area contributed by atoms with Crippen molar-refractivity contribution in [3.63, 3.8) is 0 Å². The second-order valence-electron chi connectivity index (χ2n) is 4.79. The molecule has 1 aromatic rings. The van der Waals surface area contributed by atoms with Gasteiger partial charge in [0.05, 0.1) is 11.6 Å². The van der Waals surface area contributed by atoms with Crippen molar-refractivity contribution in [1.82, 2.24) is 5.32 Å². The highest BCUT2D eigenvalue weighted by atomic mass is 19.2. The van der Waals surface area contributed by atoms with Gasteiger partial charge in [-0.1, -0.05) is 13.0 Å². The first-order valence-corrected chi connectivity index (χ1v) is 6.36. The average Bonchev–Trinajstić information content (AvgIpc) is 2.31. The highest BCUT2D eigenvalue weighted by Crippen LogP contribution is 2.44. The molecule has 2 nitrogen and oxygen atoms in total. The lowest BCUT2D eigenvalue weighted by Crippen LogP contribution is -2.50. The van der Waals surface area contributed by atoms with Crippen LogP contribution in [-0.4, -0.2) is 19.3 Å². The van der Waals surface area contributed by atoms with E-state index in [9.17, 15) is 8.78 Å². The van der Waals surface area contributed by atoms with E-state index in [1.54, 1.807) is 13.2 Å². The van der Waals surface area contributed by atoms with Crippen molar-refractivity contribution in [2.24, 2.45) is 0 Å². The number of halogens is 2. The van der Waals surface area contributed by atoms with Crippen molar-refractivity contribution in [2.75, 3.05) is 13.7 Å². The van der Waals surface area contributed by atoms with Crippen LogP contribution < -0.4 is 5.32 Å². The minimum Gasteiger partial charge on any atom is -0.376 e. The molecule has 0 spiro atoms. The quantitative estimate of drug-likeness (QED) is 0.872. The number of nitrogens with one attached hydrogen (secondary N) is 1. The molecule has 1 atom stereocenters. The van der Waals surface area contributed by atoms with Gasteiger partial charge in [-0.2, -0.15) is 0 Å². The molecule has 0 amide bonds. The smallest absolute Gasteiger partial charge is 0.159 e. The van der Waals surface area contributed by atoms with Crippen LogP contribution in [0.3, 0.4) is 0 Å². The Kier molecular flexibility index (Phi) is 3.97. The SMILES string of the molecule is CCNC(c1ccc(F)c(F)c1)C1(OC)CCC1. The van der Waals surface area contributed by atoms with Gasteiger partial charge < -0.3 is 10.1 Å². The maximum Gasteiger partial charge on any atom is 0.159 e. The number of hydrogen-bond donors (Lipinski definition) is 1. The summed E-state index contributed by atoms with van der Waals surface area (Å²) in [6.07, 6.45) is 3.00. The van der Waals surface area contributed by atoms with Crippen LogP contribution in [0, 0.1) is 11.6 Å². The molecule has 1 fully saturated rings. The van der Waals surface area contributed by atoms with Gasteiger partial charge in [0.2, 0.25) is 0 Å². The maximum atomic E-state index is 13.4. The fourth-order valence-electron chi connectivity index (χ4n) is 2.64. The van der Waals surface area contributed by atoms with Crippen molar-refractivity contribution in [3.05, 3.63) is 35.4 Å². The predicted molar refractivity (Wildman–Crippen MR) is 66.4 cm³/mol. The van der Waals surface area contributed by atoms with Gasteiger partial charge in [0.15, 0.2) is 11.6 Å². The van der Waals surface area contributed by atoms with Crippen LogP contribution in [0.15, 0.2) is 18.2 Å². The number of rotatable bonds is 5. The van der Waals surface area contributed by atoms with E-state index in [0.29, 0.717) is 0 Å². The van der Waals surface area contributed by atoms with E-state index in [1.165, 1.54) is 12.1 Å². The topological polar surface area (TPSA) is 21.3 Å². The molecule has 1 aliphatic rings. The monoisotopic (exact) mass is 255 g/mol. The molecule has 0 saturated heterocycles. The predicted octanol–water partition coefficient (Wildman–Crippen LogP) is 3.18. The fraction of sp³-hybridized carbons (Fsp3) is 0.571. The molecule has 0 radical (unpaired) electrons. The number of methoxy groups -OCH3 is 1. The van der Waals surface area contributed by atoms with Crippen LogP contribution in [0.1, 0.15) is 37.8 Å². The summed E-state index contributed by atoms with van der Waals surface area (Å²) in [4.78, 5) is 0. The minimum atomic E-state index is -0.811. The largest absolute Gasteiger partial charge is 0.376 e. The molecule has 0 bridgehead atoms. The highest BCUT2D eigenvalue weighted by Gasteiger charge is 2.45. The van der Waals surface area contributed by atoms with Crippen LogP contribution in [0.5, 0.6) is 0 Å². The zero-order valence-corrected chi connectivity index (χ0v) is 10.8. The Labute approximate surface area is 106 Å².